The molecule has 0 saturated heterocycles. The highest BCUT2D eigenvalue weighted by Crippen LogP contribution is 2.35. The van der Waals surface area contributed by atoms with Crippen LogP contribution in [0.5, 0.6) is 0 Å². The Morgan fingerprint density at radius 2 is 1.86 bits per heavy atom. The van der Waals surface area contributed by atoms with Crippen molar-refractivity contribution in [2.75, 3.05) is 12.4 Å². The Morgan fingerprint density at radius 3 is 2.61 bits per heavy atom. The zero-order valence-corrected chi connectivity index (χ0v) is 17.6. The van der Waals surface area contributed by atoms with Gasteiger partial charge in [-0.05, 0) is 29.1 Å². The molecule has 2 heterocycles. The molecule has 4 nitrogen and oxygen atoms in total. The van der Waals surface area contributed by atoms with Crippen LogP contribution in [-0.2, 0) is 6.54 Å². The summed E-state index contributed by atoms with van der Waals surface area (Å²) in [6.07, 6.45) is 0. The summed E-state index contributed by atoms with van der Waals surface area (Å²) in [6.45, 7) is 4.56. The van der Waals surface area contributed by atoms with Gasteiger partial charge in [0.1, 0.15) is 5.82 Å². The minimum atomic E-state index is -0.144. The summed E-state index contributed by atoms with van der Waals surface area (Å²) in [4.78, 5) is 17.0. The molecule has 0 unspecified atom stereocenters. The van der Waals surface area contributed by atoms with Crippen LogP contribution in [-0.4, -0.2) is 17.9 Å². The summed E-state index contributed by atoms with van der Waals surface area (Å²) in [6, 6.07) is 15.5. The molecular weight excluding hydrogens is 390 g/mol. The quantitative estimate of drug-likeness (QED) is 0.426. The first-order valence-corrected chi connectivity index (χ1v) is 10.4. The monoisotopic (exact) mass is 411 g/mol. The minimum Gasteiger partial charge on any atom is -0.365 e. The average molecular weight is 412 g/mol. The highest BCUT2D eigenvalue weighted by molar-refractivity contribution is 7.18. The molecule has 2 aromatic heterocycles. The molecule has 144 valence electrons. The Balaban J connectivity index is 0.00000109. The number of pyridine rings is 1. The van der Waals surface area contributed by atoms with Gasteiger partial charge in [-0.25, -0.2) is 4.98 Å². The Bertz CT molecular complexity index is 1120. The number of anilines is 1. The Hall–Kier alpha value is -2.63. The van der Waals surface area contributed by atoms with Gasteiger partial charge in [0.2, 0.25) is 0 Å². The van der Waals surface area contributed by atoms with Crippen molar-refractivity contribution < 1.29 is 4.79 Å². The van der Waals surface area contributed by atoms with Gasteiger partial charge in [-0.15, -0.1) is 11.3 Å². The van der Waals surface area contributed by atoms with Crippen molar-refractivity contribution in [2.24, 2.45) is 0 Å². The van der Waals surface area contributed by atoms with Gasteiger partial charge in [0.05, 0.1) is 15.8 Å². The smallest absolute Gasteiger partial charge is 0.253 e. The predicted molar refractivity (Wildman–Crippen MR) is 121 cm³/mol. The number of hydrogen-bond acceptors (Lipinski definition) is 4. The van der Waals surface area contributed by atoms with E-state index in [1.807, 2.05) is 55.6 Å². The van der Waals surface area contributed by atoms with Gasteiger partial charge in [-0.2, -0.15) is 0 Å². The molecule has 0 spiro atoms. The lowest BCUT2D eigenvalue weighted by Crippen LogP contribution is -2.18. The first kappa shape index (κ1) is 20.1. The average Bonchev–Trinajstić information content (AvgIpc) is 3.24. The van der Waals surface area contributed by atoms with Crippen molar-refractivity contribution in [1.29, 1.82) is 0 Å². The maximum atomic E-state index is 12.3. The lowest BCUT2D eigenvalue weighted by Gasteiger charge is -2.12. The number of rotatable bonds is 4. The lowest BCUT2D eigenvalue weighted by molar-refractivity contribution is 0.0964. The first-order chi connectivity index (χ1) is 13.7. The van der Waals surface area contributed by atoms with Crippen LogP contribution in [0, 0.1) is 0 Å². The summed E-state index contributed by atoms with van der Waals surface area (Å²) in [5.74, 6) is 0.619. The number of carbonyl (C=O) groups excluding carboxylic acids is 1. The fraction of sp³-hybridized carbons (Fsp3) is 0.182. The largest absolute Gasteiger partial charge is 0.365 e. The summed E-state index contributed by atoms with van der Waals surface area (Å²) in [5, 5.41) is 10.9. The van der Waals surface area contributed by atoms with Crippen LogP contribution in [0.25, 0.3) is 21.0 Å². The Kier molecular flexibility index (Phi) is 6.49. The van der Waals surface area contributed by atoms with E-state index in [4.69, 9.17) is 16.6 Å². The highest BCUT2D eigenvalue weighted by Gasteiger charge is 2.15. The van der Waals surface area contributed by atoms with E-state index < -0.39 is 0 Å². The molecule has 2 aromatic carbocycles. The van der Waals surface area contributed by atoms with Crippen molar-refractivity contribution in [2.45, 2.75) is 20.4 Å². The Labute approximate surface area is 173 Å². The third kappa shape index (κ3) is 3.81. The molecule has 0 bridgehead atoms. The molecule has 4 rings (SSSR count). The number of amides is 1. The fourth-order valence-corrected chi connectivity index (χ4v) is 4.08. The van der Waals surface area contributed by atoms with Gasteiger partial charge in [0, 0.05) is 29.4 Å². The van der Waals surface area contributed by atoms with Crippen LogP contribution in [0.4, 0.5) is 5.82 Å². The van der Waals surface area contributed by atoms with Gasteiger partial charge in [-0.3, -0.25) is 4.79 Å². The second-order valence-corrected chi connectivity index (χ2v) is 7.17. The predicted octanol–water partition coefficient (Wildman–Crippen LogP) is 6.10. The molecule has 0 saturated carbocycles. The van der Waals surface area contributed by atoms with E-state index >= 15 is 0 Å². The van der Waals surface area contributed by atoms with Crippen LogP contribution in [0.15, 0.2) is 53.9 Å². The van der Waals surface area contributed by atoms with Crippen molar-refractivity contribution in [1.82, 2.24) is 10.3 Å². The van der Waals surface area contributed by atoms with Crippen LogP contribution in [0.1, 0.15) is 29.8 Å². The number of benzene rings is 2. The van der Waals surface area contributed by atoms with Gasteiger partial charge in [0.15, 0.2) is 0 Å². The molecule has 2 N–H and O–H groups in total. The number of nitrogens with one attached hydrogen (secondary N) is 2. The maximum absolute atomic E-state index is 12.3. The zero-order chi connectivity index (χ0) is 20.1. The van der Waals surface area contributed by atoms with Gasteiger partial charge < -0.3 is 10.6 Å². The van der Waals surface area contributed by atoms with Crippen molar-refractivity contribution >= 4 is 55.7 Å². The second kappa shape index (κ2) is 9.04. The number of nitrogens with zero attached hydrogens (tertiary/aromatic N) is 1. The summed E-state index contributed by atoms with van der Waals surface area (Å²) in [5.41, 5.74) is 2.26. The van der Waals surface area contributed by atoms with E-state index in [2.05, 4.69) is 16.7 Å². The standard InChI is InChI=1S/C20H16ClN3OS.C2H6/c1-22-20(25)15-7-4-6-13-14-9-10-26-18(14)19(24-17(13)15)23-11-12-5-2-3-8-16(12)21;1-2/h2-10H,11H2,1H3,(H,22,25)(H,23,24);1-2H3. The number of para-hydroxylation sites is 1. The van der Waals surface area contributed by atoms with Crippen LogP contribution < -0.4 is 10.6 Å². The summed E-state index contributed by atoms with van der Waals surface area (Å²) in [7, 11) is 1.63. The topological polar surface area (TPSA) is 54.0 Å². The second-order valence-electron chi connectivity index (χ2n) is 5.85. The number of hydrogen-bond donors (Lipinski definition) is 2. The van der Waals surface area contributed by atoms with Crippen molar-refractivity contribution in [3.05, 3.63) is 70.1 Å². The number of fused-ring (bicyclic) bond motifs is 3. The van der Waals surface area contributed by atoms with E-state index in [9.17, 15) is 4.79 Å². The normalized spacial score (nSPS) is 10.4. The highest BCUT2D eigenvalue weighted by atomic mass is 35.5. The maximum Gasteiger partial charge on any atom is 0.253 e. The third-order valence-electron chi connectivity index (χ3n) is 4.31. The number of halogens is 1. The van der Waals surface area contributed by atoms with Gasteiger partial charge in [0.25, 0.3) is 5.91 Å². The molecular formula is C22H22ClN3OS. The van der Waals surface area contributed by atoms with Crippen molar-refractivity contribution in [3.63, 3.8) is 0 Å². The molecule has 0 fully saturated rings. The minimum absolute atomic E-state index is 0.144. The lowest BCUT2D eigenvalue weighted by atomic mass is 10.1. The van der Waals surface area contributed by atoms with Crippen molar-refractivity contribution in [3.8, 4) is 0 Å². The summed E-state index contributed by atoms with van der Waals surface area (Å²) >= 11 is 7.89. The van der Waals surface area contributed by atoms with E-state index in [1.165, 1.54) is 0 Å². The fourth-order valence-electron chi connectivity index (χ4n) is 3.01. The van der Waals surface area contributed by atoms with E-state index in [0.717, 1.165) is 26.9 Å². The van der Waals surface area contributed by atoms with Crippen LogP contribution in [0.3, 0.4) is 0 Å². The van der Waals surface area contributed by atoms with Crippen LogP contribution >= 0.6 is 22.9 Å². The molecule has 0 radical (unpaired) electrons. The first-order valence-electron chi connectivity index (χ1n) is 9.18. The van der Waals surface area contributed by atoms with E-state index in [0.29, 0.717) is 22.6 Å². The number of thiophene rings is 1. The Morgan fingerprint density at radius 1 is 1.07 bits per heavy atom. The van der Waals surface area contributed by atoms with Crippen LogP contribution in [0.2, 0.25) is 5.02 Å². The molecule has 0 atom stereocenters. The molecule has 0 aliphatic rings. The van der Waals surface area contributed by atoms with Gasteiger partial charge >= 0.3 is 0 Å². The summed E-state index contributed by atoms with van der Waals surface area (Å²) < 4.78 is 1.07. The molecule has 0 aliphatic heterocycles. The number of aromatic nitrogens is 1. The third-order valence-corrected chi connectivity index (χ3v) is 5.60. The molecule has 6 heteroatoms. The van der Waals surface area contributed by atoms with E-state index in [-0.39, 0.29) is 5.91 Å². The molecule has 4 aromatic rings. The van der Waals surface area contributed by atoms with Gasteiger partial charge in [-0.1, -0.05) is 55.8 Å². The SMILES string of the molecule is CC.CNC(=O)c1cccc2c1nc(NCc1ccccc1Cl)c1sccc12. The molecule has 28 heavy (non-hydrogen) atoms. The molecule has 0 aliphatic carbocycles. The number of carbonyl (C=O) groups is 1. The molecule has 1 amide bonds. The zero-order valence-electron chi connectivity index (χ0n) is 16.0. The van der Waals surface area contributed by atoms with E-state index in [1.54, 1.807) is 24.5 Å².